The minimum atomic E-state index is -0.121. The molecule has 0 saturated carbocycles. The van der Waals surface area contributed by atoms with Gasteiger partial charge in [-0.15, -0.1) is 10.2 Å². The summed E-state index contributed by atoms with van der Waals surface area (Å²) in [6, 6.07) is -0.121. The zero-order chi connectivity index (χ0) is 14.7. The van der Waals surface area contributed by atoms with E-state index < -0.39 is 0 Å². The van der Waals surface area contributed by atoms with Crippen LogP contribution in [0.15, 0.2) is 5.51 Å². The molecule has 3 amide bonds. The Morgan fingerprint density at radius 3 is 3.05 bits per heavy atom. The second kappa shape index (κ2) is 6.38. The van der Waals surface area contributed by atoms with Crippen LogP contribution >= 0.6 is 11.3 Å². The normalized spacial score (nSPS) is 22.7. The van der Waals surface area contributed by atoms with Crippen LogP contribution in [0.3, 0.4) is 0 Å². The highest BCUT2D eigenvalue weighted by atomic mass is 32.1. The Labute approximate surface area is 127 Å². The van der Waals surface area contributed by atoms with Gasteiger partial charge in [-0.2, -0.15) is 0 Å². The van der Waals surface area contributed by atoms with Gasteiger partial charge in [0.15, 0.2) is 0 Å². The molecule has 0 spiro atoms. The molecule has 2 fully saturated rings. The first kappa shape index (κ1) is 14.2. The molecule has 0 aliphatic carbocycles. The molecule has 1 N–H and O–H groups in total. The Kier molecular flexibility index (Phi) is 4.33. The standard InChI is InChI=1S/C13H19N5O2S/c19-11-4-2-5-17(11)7-10-3-1-6-18(8-10)13(20)15-12-16-14-9-21-12/h9-10H,1-8H2,(H,15,16,20)/t10-/m1/s1. The van der Waals surface area contributed by atoms with E-state index in [1.165, 1.54) is 11.3 Å². The van der Waals surface area contributed by atoms with Crippen LogP contribution in [-0.2, 0) is 4.79 Å². The molecule has 3 heterocycles. The Bertz CT molecular complexity index is 507. The molecular formula is C13H19N5O2S. The van der Waals surface area contributed by atoms with E-state index in [4.69, 9.17) is 0 Å². The van der Waals surface area contributed by atoms with Crippen LogP contribution in [0.5, 0.6) is 0 Å². The van der Waals surface area contributed by atoms with Gasteiger partial charge in [0.05, 0.1) is 0 Å². The van der Waals surface area contributed by atoms with E-state index in [2.05, 4.69) is 15.5 Å². The summed E-state index contributed by atoms with van der Waals surface area (Å²) >= 11 is 1.31. The molecule has 1 aromatic rings. The molecular weight excluding hydrogens is 290 g/mol. The second-order valence-corrected chi connectivity index (χ2v) is 6.40. The minimum absolute atomic E-state index is 0.121. The van der Waals surface area contributed by atoms with Gasteiger partial charge in [-0.25, -0.2) is 4.79 Å². The Morgan fingerprint density at radius 1 is 1.43 bits per heavy atom. The summed E-state index contributed by atoms with van der Waals surface area (Å²) in [5, 5.41) is 10.8. The maximum Gasteiger partial charge on any atom is 0.323 e. The number of anilines is 1. The van der Waals surface area contributed by atoms with Crippen molar-refractivity contribution >= 4 is 28.4 Å². The number of amides is 3. The van der Waals surface area contributed by atoms with Gasteiger partial charge >= 0.3 is 6.03 Å². The van der Waals surface area contributed by atoms with E-state index in [1.54, 1.807) is 5.51 Å². The second-order valence-electron chi connectivity index (χ2n) is 5.57. The van der Waals surface area contributed by atoms with Gasteiger partial charge in [-0.05, 0) is 25.2 Å². The number of piperidine rings is 1. The molecule has 2 saturated heterocycles. The molecule has 1 aromatic heterocycles. The summed E-state index contributed by atoms with van der Waals surface area (Å²) < 4.78 is 0. The monoisotopic (exact) mass is 309 g/mol. The van der Waals surface area contributed by atoms with Gasteiger partial charge in [0.2, 0.25) is 11.0 Å². The number of likely N-dealkylation sites (tertiary alicyclic amines) is 2. The van der Waals surface area contributed by atoms with E-state index in [9.17, 15) is 9.59 Å². The van der Waals surface area contributed by atoms with E-state index in [1.807, 2.05) is 9.80 Å². The van der Waals surface area contributed by atoms with Crippen molar-refractivity contribution in [3.8, 4) is 0 Å². The minimum Gasteiger partial charge on any atom is -0.342 e. The van der Waals surface area contributed by atoms with Gasteiger partial charge < -0.3 is 9.80 Å². The van der Waals surface area contributed by atoms with Crippen molar-refractivity contribution in [3.05, 3.63) is 5.51 Å². The molecule has 21 heavy (non-hydrogen) atoms. The summed E-state index contributed by atoms with van der Waals surface area (Å²) in [7, 11) is 0. The Balaban J connectivity index is 1.52. The quantitative estimate of drug-likeness (QED) is 0.915. The van der Waals surface area contributed by atoms with Crippen molar-refractivity contribution in [1.82, 2.24) is 20.0 Å². The highest BCUT2D eigenvalue weighted by molar-refractivity contribution is 7.13. The summed E-state index contributed by atoms with van der Waals surface area (Å²) in [5.41, 5.74) is 1.59. The van der Waals surface area contributed by atoms with E-state index in [0.717, 1.165) is 38.9 Å². The van der Waals surface area contributed by atoms with E-state index in [0.29, 0.717) is 24.0 Å². The smallest absolute Gasteiger partial charge is 0.323 e. The van der Waals surface area contributed by atoms with Gasteiger partial charge in [-0.1, -0.05) is 11.3 Å². The lowest BCUT2D eigenvalue weighted by Crippen LogP contribution is -2.45. The molecule has 3 rings (SSSR count). The summed E-state index contributed by atoms with van der Waals surface area (Å²) in [6.45, 7) is 3.11. The number of carbonyl (C=O) groups is 2. The van der Waals surface area contributed by atoms with Crippen molar-refractivity contribution < 1.29 is 9.59 Å². The van der Waals surface area contributed by atoms with Gasteiger partial charge in [0, 0.05) is 32.6 Å². The third-order valence-electron chi connectivity index (χ3n) is 4.03. The zero-order valence-electron chi connectivity index (χ0n) is 11.8. The number of aromatic nitrogens is 2. The summed E-state index contributed by atoms with van der Waals surface area (Å²) in [4.78, 5) is 27.6. The fourth-order valence-electron chi connectivity index (χ4n) is 3.01. The van der Waals surface area contributed by atoms with Crippen molar-refractivity contribution in [2.45, 2.75) is 25.7 Å². The molecule has 7 nitrogen and oxygen atoms in total. The predicted molar refractivity (Wildman–Crippen MR) is 79.0 cm³/mol. The number of nitrogens with one attached hydrogen (secondary N) is 1. The molecule has 2 aliphatic heterocycles. The van der Waals surface area contributed by atoms with Crippen LogP contribution in [-0.4, -0.2) is 58.1 Å². The number of urea groups is 1. The van der Waals surface area contributed by atoms with Crippen molar-refractivity contribution in [2.24, 2.45) is 5.92 Å². The molecule has 0 unspecified atom stereocenters. The van der Waals surface area contributed by atoms with Gasteiger partial charge in [-0.3, -0.25) is 10.1 Å². The molecule has 0 radical (unpaired) electrons. The lowest BCUT2D eigenvalue weighted by Gasteiger charge is -2.34. The number of rotatable bonds is 3. The highest BCUT2D eigenvalue weighted by Gasteiger charge is 2.28. The van der Waals surface area contributed by atoms with Crippen LogP contribution in [0.4, 0.5) is 9.93 Å². The fourth-order valence-corrected chi connectivity index (χ4v) is 3.44. The van der Waals surface area contributed by atoms with Crippen LogP contribution in [0.1, 0.15) is 25.7 Å². The molecule has 1 atom stereocenters. The lowest BCUT2D eigenvalue weighted by molar-refractivity contribution is -0.128. The van der Waals surface area contributed by atoms with Crippen molar-refractivity contribution in [2.75, 3.05) is 31.5 Å². The SMILES string of the molecule is O=C1CCCN1C[C@H]1CCCN(C(=O)Nc2nncs2)C1. The first-order valence-corrected chi connectivity index (χ1v) is 8.20. The number of nitrogens with zero attached hydrogens (tertiary/aromatic N) is 4. The first-order chi connectivity index (χ1) is 10.2. The van der Waals surface area contributed by atoms with Crippen molar-refractivity contribution in [3.63, 3.8) is 0 Å². The highest BCUT2D eigenvalue weighted by Crippen LogP contribution is 2.21. The molecule has 8 heteroatoms. The van der Waals surface area contributed by atoms with Gasteiger partial charge in [0.25, 0.3) is 0 Å². The van der Waals surface area contributed by atoms with Crippen LogP contribution < -0.4 is 5.32 Å². The maximum atomic E-state index is 12.2. The Hall–Kier alpha value is -1.70. The fraction of sp³-hybridized carbons (Fsp3) is 0.692. The maximum absolute atomic E-state index is 12.2. The van der Waals surface area contributed by atoms with Crippen molar-refractivity contribution in [1.29, 1.82) is 0 Å². The van der Waals surface area contributed by atoms with E-state index in [-0.39, 0.29) is 11.9 Å². The third-order valence-corrected chi connectivity index (χ3v) is 4.64. The third kappa shape index (κ3) is 3.49. The predicted octanol–water partition coefficient (Wildman–Crippen LogP) is 1.40. The van der Waals surface area contributed by atoms with Crippen LogP contribution in [0.2, 0.25) is 0 Å². The van der Waals surface area contributed by atoms with E-state index >= 15 is 0 Å². The zero-order valence-corrected chi connectivity index (χ0v) is 12.6. The molecule has 0 bridgehead atoms. The average Bonchev–Trinajstić information content (AvgIpc) is 3.12. The van der Waals surface area contributed by atoms with Crippen LogP contribution in [0, 0.1) is 5.92 Å². The largest absolute Gasteiger partial charge is 0.342 e. The average molecular weight is 309 g/mol. The van der Waals surface area contributed by atoms with Gasteiger partial charge in [0.1, 0.15) is 5.51 Å². The Morgan fingerprint density at radius 2 is 2.33 bits per heavy atom. The van der Waals surface area contributed by atoms with Crippen LogP contribution in [0.25, 0.3) is 0 Å². The topological polar surface area (TPSA) is 78.4 Å². The summed E-state index contributed by atoms with van der Waals surface area (Å²) in [6.07, 6.45) is 3.70. The molecule has 114 valence electrons. The number of hydrogen-bond acceptors (Lipinski definition) is 5. The lowest BCUT2D eigenvalue weighted by atomic mass is 9.98. The molecule has 2 aliphatic rings. The molecule has 0 aromatic carbocycles. The number of hydrogen-bond donors (Lipinski definition) is 1. The first-order valence-electron chi connectivity index (χ1n) is 7.32. The summed E-state index contributed by atoms with van der Waals surface area (Å²) in [5.74, 6) is 0.631. The number of carbonyl (C=O) groups excluding carboxylic acids is 2.